The van der Waals surface area contributed by atoms with Crippen LogP contribution in [0.15, 0.2) is 34.9 Å². The smallest absolute Gasteiger partial charge is 0.221 e. The second-order valence-electron chi connectivity index (χ2n) is 6.45. The van der Waals surface area contributed by atoms with E-state index in [1.54, 1.807) is 12.1 Å². The average molecular weight is 317 g/mol. The fourth-order valence-corrected chi connectivity index (χ4v) is 2.83. The fourth-order valence-electron chi connectivity index (χ4n) is 2.83. The van der Waals surface area contributed by atoms with Crippen LogP contribution in [0.4, 0.5) is 4.39 Å². The summed E-state index contributed by atoms with van der Waals surface area (Å²) in [6.45, 7) is 6.06. The normalized spacial score (nSPS) is 18.5. The lowest BCUT2D eigenvalue weighted by Crippen LogP contribution is -2.44. The Labute approximate surface area is 134 Å². The third-order valence-electron chi connectivity index (χ3n) is 4.20. The van der Waals surface area contributed by atoms with Gasteiger partial charge in [-0.05, 0) is 38.1 Å². The van der Waals surface area contributed by atoms with Gasteiger partial charge in [-0.25, -0.2) is 4.39 Å². The van der Waals surface area contributed by atoms with E-state index in [2.05, 4.69) is 29.2 Å². The Morgan fingerprint density at radius 2 is 2.09 bits per heavy atom. The maximum Gasteiger partial charge on any atom is 0.221 e. The van der Waals surface area contributed by atoms with Crippen LogP contribution >= 0.6 is 0 Å². The largest absolute Gasteiger partial charge is 0.359 e. The highest BCUT2D eigenvalue weighted by Crippen LogP contribution is 2.25. The van der Waals surface area contributed by atoms with Crippen molar-refractivity contribution in [2.24, 2.45) is 0 Å². The predicted molar refractivity (Wildman–Crippen MR) is 84.0 cm³/mol. The van der Waals surface area contributed by atoms with Gasteiger partial charge in [-0.3, -0.25) is 9.69 Å². The summed E-state index contributed by atoms with van der Waals surface area (Å²) in [5.74, 6) is 0.523. The van der Waals surface area contributed by atoms with Gasteiger partial charge < -0.3 is 9.84 Å². The molecule has 1 saturated heterocycles. The van der Waals surface area contributed by atoms with Crippen molar-refractivity contribution < 1.29 is 13.7 Å². The highest BCUT2D eigenvalue weighted by atomic mass is 19.1. The standard InChI is InChI=1S/C17H20FN3O2/c1-17(2)10-16(22)19-7-8-21(17)11-14-9-15(20-23-14)12-3-5-13(18)6-4-12/h3-6,9H,7-8,10-11H2,1-2H3,(H,19,22). The molecule has 1 N–H and O–H groups in total. The van der Waals surface area contributed by atoms with Crippen LogP contribution in [0.25, 0.3) is 11.3 Å². The number of aromatic nitrogens is 1. The van der Waals surface area contributed by atoms with E-state index in [1.807, 2.05) is 6.07 Å². The van der Waals surface area contributed by atoms with Crippen LogP contribution in [-0.4, -0.2) is 34.6 Å². The number of halogens is 1. The quantitative estimate of drug-likeness (QED) is 0.945. The van der Waals surface area contributed by atoms with Gasteiger partial charge in [0.1, 0.15) is 11.5 Å². The average Bonchev–Trinajstić information content (AvgIpc) is 2.90. The van der Waals surface area contributed by atoms with Crippen molar-refractivity contribution in [3.8, 4) is 11.3 Å². The van der Waals surface area contributed by atoms with Gasteiger partial charge in [0.2, 0.25) is 5.91 Å². The molecule has 3 rings (SSSR count). The van der Waals surface area contributed by atoms with E-state index in [4.69, 9.17) is 4.52 Å². The lowest BCUT2D eigenvalue weighted by Gasteiger charge is -2.35. The molecule has 0 unspecified atom stereocenters. The summed E-state index contributed by atoms with van der Waals surface area (Å²) in [4.78, 5) is 13.9. The molecule has 2 aromatic rings. The van der Waals surface area contributed by atoms with Crippen molar-refractivity contribution in [1.82, 2.24) is 15.4 Å². The second kappa shape index (κ2) is 6.12. The molecule has 2 heterocycles. The Hall–Kier alpha value is -2.21. The maximum absolute atomic E-state index is 13.0. The van der Waals surface area contributed by atoms with Crippen LogP contribution in [0.5, 0.6) is 0 Å². The number of rotatable bonds is 3. The summed E-state index contributed by atoms with van der Waals surface area (Å²) in [7, 11) is 0. The number of nitrogens with zero attached hydrogens (tertiary/aromatic N) is 2. The summed E-state index contributed by atoms with van der Waals surface area (Å²) in [6.07, 6.45) is 0.450. The van der Waals surface area contributed by atoms with Crippen LogP contribution in [0, 0.1) is 5.82 Å². The minimum Gasteiger partial charge on any atom is -0.359 e. The van der Waals surface area contributed by atoms with Crippen LogP contribution in [0.1, 0.15) is 26.0 Å². The first-order valence-electron chi connectivity index (χ1n) is 7.67. The van der Waals surface area contributed by atoms with Crippen molar-refractivity contribution in [1.29, 1.82) is 0 Å². The number of hydrogen-bond donors (Lipinski definition) is 1. The molecule has 0 spiro atoms. The summed E-state index contributed by atoms with van der Waals surface area (Å²) in [5, 5.41) is 6.95. The number of carbonyl (C=O) groups is 1. The molecular formula is C17H20FN3O2. The minimum absolute atomic E-state index is 0.0714. The molecule has 23 heavy (non-hydrogen) atoms. The number of benzene rings is 1. The fraction of sp³-hybridized carbons (Fsp3) is 0.412. The Morgan fingerprint density at radius 3 is 2.83 bits per heavy atom. The van der Waals surface area contributed by atoms with E-state index in [1.165, 1.54) is 12.1 Å². The van der Waals surface area contributed by atoms with Gasteiger partial charge in [-0.1, -0.05) is 5.16 Å². The molecule has 1 amide bonds. The van der Waals surface area contributed by atoms with Gasteiger partial charge in [0.15, 0.2) is 5.76 Å². The summed E-state index contributed by atoms with van der Waals surface area (Å²) < 4.78 is 18.4. The van der Waals surface area contributed by atoms with Gasteiger partial charge in [0.05, 0.1) is 6.54 Å². The van der Waals surface area contributed by atoms with E-state index in [0.29, 0.717) is 25.2 Å². The van der Waals surface area contributed by atoms with Crippen molar-refractivity contribution in [2.75, 3.05) is 13.1 Å². The second-order valence-corrected chi connectivity index (χ2v) is 6.45. The number of amides is 1. The summed E-state index contributed by atoms with van der Waals surface area (Å²) in [6, 6.07) is 8.02. The molecule has 1 aliphatic rings. The molecule has 1 fully saturated rings. The van der Waals surface area contributed by atoms with E-state index in [9.17, 15) is 9.18 Å². The summed E-state index contributed by atoms with van der Waals surface area (Å²) in [5.41, 5.74) is 1.25. The van der Waals surface area contributed by atoms with Crippen LogP contribution in [0.3, 0.4) is 0 Å². The first kappa shape index (κ1) is 15.7. The minimum atomic E-state index is -0.277. The van der Waals surface area contributed by atoms with E-state index >= 15 is 0 Å². The topological polar surface area (TPSA) is 58.4 Å². The molecule has 0 bridgehead atoms. The molecular weight excluding hydrogens is 297 g/mol. The van der Waals surface area contributed by atoms with Crippen molar-refractivity contribution >= 4 is 5.91 Å². The first-order chi connectivity index (χ1) is 10.9. The van der Waals surface area contributed by atoms with Gasteiger partial charge in [-0.15, -0.1) is 0 Å². The number of nitrogens with one attached hydrogen (secondary N) is 1. The van der Waals surface area contributed by atoms with E-state index in [0.717, 1.165) is 17.9 Å². The Balaban J connectivity index is 1.75. The molecule has 1 aromatic heterocycles. The van der Waals surface area contributed by atoms with Gasteiger partial charge in [0, 0.05) is 36.7 Å². The highest BCUT2D eigenvalue weighted by Gasteiger charge is 2.32. The van der Waals surface area contributed by atoms with Crippen molar-refractivity contribution in [3.63, 3.8) is 0 Å². The summed E-state index contributed by atoms with van der Waals surface area (Å²) >= 11 is 0. The molecule has 0 aliphatic carbocycles. The Morgan fingerprint density at radius 1 is 1.35 bits per heavy atom. The molecule has 0 atom stereocenters. The molecule has 122 valence electrons. The molecule has 0 radical (unpaired) electrons. The zero-order valence-corrected chi connectivity index (χ0v) is 13.3. The Bertz CT molecular complexity index is 694. The van der Waals surface area contributed by atoms with Crippen LogP contribution < -0.4 is 5.32 Å². The van der Waals surface area contributed by atoms with Crippen LogP contribution in [0.2, 0.25) is 0 Å². The molecule has 1 aliphatic heterocycles. The third-order valence-corrected chi connectivity index (χ3v) is 4.20. The highest BCUT2D eigenvalue weighted by molar-refractivity contribution is 5.77. The molecule has 0 saturated carbocycles. The van der Waals surface area contributed by atoms with Crippen molar-refractivity contribution in [2.45, 2.75) is 32.4 Å². The first-order valence-corrected chi connectivity index (χ1v) is 7.67. The number of carbonyl (C=O) groups excluding carboxylic acids is 1. The predicted octanol–water partition coefficient (Wildman–Crippen LogP) is 2.58. The maximum atomic E-state index is 13.0. The molecule has 1 aromatic carbocycles. The third kappa shape index (κ3) is 3.59. The van der Waals surface area contributed by atoms with Gasteiger partial charge in [0.25, 0.3) is 0 Å². The lowest BCUT2D eigenvalue weighted by molar-refractivity contribution is -0.122. The van der Waals surface area contributed by atoms with Gasteiger partial charge in [-0.2, -0.15) is 0 Å². The SMILES string of the molecule is CC1(C)CC(=O)NCCN1Cc1cc(-c2ccc(F)cc2)no1. The van der Waals surface area contributed by atoms with Gasteiger partial charge >= 0.3 is 0 Å². The van der Waals surface area contributed by atoms with E-state index < -0.39 is 0 Å². The zero-order valence-electron chi connectivity index (χ0n) is 13.3. The lowest BCUT2D eigenvalue weighted by atomic mass is 9.98. The van der Waals surface area contributed by atoms with Crippen molar-refractivity contribution in [3.05, 3.63) is 41.9 Å². The monoisotopic (exact) mass is 317 g/mol. The Kier molecular flexibility index (Phi) is 4.17. The molecule has 6 heteroatoms. The molecule has 5 nitrogen and oxygen atoms in total. The van der Waals surface area contributed by atoms with Crippen LogP contribution in [-0.2, 0) is 11.3 Å². The number of hydrogen-bond acceptors (Lipinski definition) is 4. The zero-order chi connectivity index (χ0) is 16.4. The van der Waals surface area contributed by atoms with E-state index in [-0.39, 0.29) is 17.3 Å².